The van der Waals surface area contributed by atoms with Crippen LogP contribution < -0.4 is 10.1 Å². The Bertz CT molecular complexity index is 380. The molecule has 0 atom stereocenters. The van der Waals surface area contributed by atoms with Crippen molar-refractivity contribution in [2.24, 2.45) is 5.41 Å². The number of anilines is 1. The molecular formula is C15H24N2O. The molecule has 1 heterocycles. The van der Waals surface area contributed by atoms with Gasteiger partial charge in [-0.3, -0.25) is 0 Å². The van der Waals surface area contributed by atoms with Crippen molar-refractivity contribution in [2.45, 2.75) is 52.5 Å². The van der Waals surface area contributed by atoms with Crippen LogP contribution in [0.3, 0.4) is 0 Å². The van der Waals surface area contributed by atoms with Crippen LogP contribution in [0.1, 0.15) is 46.5 Å². The van der Waals surface area contributed by atoms with Crippen molar-refractivity contribution >= 4 is 5.82 Å². The van der Waals surface area contributed by atoms with Crippen molar-refractivity contribution < 1.29 is 4.74 Å². The van der Waals surface area contributed by atoms with Gasteiger partial charge in [0.15, 0.2) is 11.6 Å². The fraction of sp³-hybridized carbons (Fsp3) is 0.667. The van der Waals surface area contributed by atoms with Crippen LogP contribution in [0.15, 0.2) is 18.3 Å². The molecule has 1 N–H and O–H groups in total. The number of hydrogen-bond donors (Lipinski definition) is 1. The zero-order chi connectivity index (χ0) is 13.0. The molecule has 18 heavy (non-hydrogen) atoms. The molecule has 3 nitrogen and oxygen atoms in total. The lowest BCUT2D eigenvalue weighted by Gasteiger charge is -2.35. The standard InChI is InChI=1S/C15H24N2O/c1-4-18-13-6-5-11-16-14(13)17-12-7-9-15(2,3)10-8-12/h5-6,11-12H,4,7-10H2,1-3H3,(H,16,17). The molecule has 1 aliphatic carbocycles. The van der Waals surface area contributed by atoms with Gasteiger partial charge in [0.2, 0.25) is 0 Å². The van der Waals surface area contributed by atoms with Gasteiger partial charge in [-0.2, -0.15) is 0 Å². The molecule has 0 aromatic carbocycles. The summed E-state index contributed by atoms with van der Waals surface area (Å²) >= 11 is 0. The number of nitrogens with zero attached hydrogens (tertiary/aromatic N) is 1. The lowest BCUT2D eigenvalue weighted by Crippen LogP contribution is -2.30. The lowest BCUT2D eigenvalue weighted by atomic mass is 9.75. The van der Waals surface area contributed by atoms with E-state index in [1.54, 1.807) is 0 Å². The molecule has 1 aliphatic rings. The molecular weight excluding hydrogens is 224 g/mol. The summed E-state index contributed by atoms with van der Waals surface area (Å²) in [6.45, 7) is 7.39. The maximum absolute atomic E-state index is 5.59. The third-order valence-electron chi connectivity index (χ3n) is 3.75. The predicted octanol–water partition coefficient (Wildman–Crippen LogP) is 3.86. The first-order valence-corrected chi connectivity index (χ1v) is 6.95. The summed E-state index contributed by atoms with van der Waals surface area (Å²) in [6, 6.07) is 4.43. The third-order valence-corrected chi connectivity index (χ3v) is 3.75. The Morgan fingerprint density at radius 3 is 2.78 bits per heavy atom. The highest BCUT2D eigenvalue weighted by atomic mass is 16.5. The average molecular weight is 248 g/mol. The van der Waals surface area contributed by atoms with Gasteiger partial charge >= 0.3 is 0 Å². The monoisotopic (exact) mass is 248 g/mol. The molecule has 0 bridgehead atoms. The molecule has 0 radical (unpaired) electrons. The van der Waals surface area contributed by atoms with Crippen LogP contribution in [-0.4, -0.2) is 17.6 Å². The Hall–Kier alpha value is -1.25. The molecule has 0 spiro atoms. The van der Waals surface area contributed by atoms with E-state index in [0.717, 1.165) is 11.6 Å². The SMILES string of the molecule is CCOc1cccnc1NC1CCC(C)(C)CC1. The van der Waals surface area contributed by atoms with Gasteiger partial charge in [0.1, 0.15) is 0 Å². The van der Waals surface area contributed by atoms with E-state index in [-0.39, 0.29) is 0 Å². The second-order valence-electron chi connectivity index (χ2n) is 5.87. The molecule has 0 unspecified atom stereocenters. The number of nitrogens with one attached hydrogen (secondary N) is 1. The van der Waals surface area contributed by atoms with Gasteiger partial charge in [0, 0.05) is 12.2 Å². The summed E-state index contributed by atoms with van der Waals surface area (Å²) in [5, 5.41) is 3.54. The van der Waals surface area contributed by atoms with Gasteiger partial charge in [0.25, 0.3) is 0 Å². The minimum atomic E-state index is 0.505. The minimum Gasteiger partial charge on any atom is -0.490 e. The largest absolute Gasteiger partial charge is 0.490 e. The van der Waals surface area contributed by atoms with E-state index >= 15 is 0 Å². The highest BCUT2D eigenvalue weighted by Crippen LogP contribution is 2.36. The second-order valence-corrected chi connectivity index (χ2v) is 5.87. The van der Waals surface area contributed by atoms with Crippen molar-refractivity contribution in [1.29, 1.82) is 0 Å². The van der Waals surface area contributed by atoms with Crippen molar-refractivity contribution in [3.63, 3.8) is 0 Å². The number of rotatable bonds is 4. The smallest absolute Gasteiger partial charge is 0.168 e. The highest BCUT2D eigenvalue weighted by Gasteiger charge is 2.27. The minimum absolute atomic E-state index is 0.505. The van der Waals surface area contributed by atoms with Crippen LogP contribution in [0.25, 0.3) is 0 Å². The van der Waals surface area contributed by atoms with E-state index < -0.39 is 0 Å². The lowest BCUT2D eigenvalue weighted by molar-refractivity contribution is 0.232. The zero-order valence-electron chi connectivity index (χ0n) is 11.7. The van der Waals surface area contributed by atoms with Crippen LogP contribution in [0.2, 0.25) is 0 Å². The van der Waals surface area contributed by atoms with Crippen LogP contribution in [0.5, 0.6) is 5.75 Å². The molecule has 0 saturated heterocycles. The molecule has 1 saturated carbocycles. The molecule has 100 valence electrons. The van der Waals surface area contributed by atoms with Gasteiger partial charge < -0.3 is 10.1 Å². The highest BCUT2D eigenvalue weighted by molar-refractivity contribution is 5.50. The summed E-state index contributed by atoms with van der Waals surface area (Å²) in [5.41, 5.74) is 0.505. The molecule has 2 rings (SSSR count). The van der Waals surface area contributed by atoms with Crippen LogP contribution in [0, 0.1) is 5.41 Å². The summed E-state index contributed by atoms with van der Waals surface area (Å²) < 4.78 is 5.59. The Morgan fingerprint density at radius 1 is 1.39 bits per heavy atom. The van der Waals surface area contributed by atoms with Crippen LogP contribution >= 0.6 is 0 Å². The Labute approximate surface area is 110 Å². The van der Waals surface area contributed by atoms with Gasteiger partial charge in [0.05, 0.1) is 6.61 Å². The van der Waals surface area contributed by atoms with E-state index in [0.29, 0.717) is 18.1 Å². The summed E-state index contributed by atoms with van der Waals surface area (Å²) in [4.78, 5) is 4.39. The van der Waals surface area contributed by atoms with Gasteiger partial charge in [-0.1, -0.05) is 13.8 Å². The van der Waals surface area contributed by atoms with E-state index in [4.69, 9.17) is 4.74 Å². The third kappa shape index (κ3) is 3.37. The predicted molar refractivity (Wildman–Crippen MR) is 75.1 cm³/mol. The number of ether oxygens (including phenoxy) is 1. The van der Waals surface area contributed by atoms with E-state index in [1.807, 2.05) is 25.3 Å². The van der Waals surface area contributed by atoms with Gasteiger partial charge in [-0.25, -0.2) is 4.98 Å². The second kappa shape index (κ2) is 5.59. The van der Waals surface area contributed by atoms with Crippen molar-refractivity contribution in [1.82, 2.24) is 4.98 Å². The normalized spacial score (nSPS) is 19.5. The maximum atomic E-state index is 5.59. The summed E-state index contributed by atoms with van der Waals surface area (Å²) in [6.07, 6.45) is 6.81. The number of pyridine rings is 1. The summed E-state index contributed by atoms with van der Waals surface area (Å²) in [5.74, 6) is 1.76. The van der Waals surface area contributed by atoms with Crippen molar-refractivity contribution in [3.8, 4) is 5.75 Å². The average Bonchev–Trinajstić information content (AvgIpc) is 2.35. The first kappa shape index (κ1) is 13.2. The zero-order valence-corrected chi connectivity index (χ0v) is 11.7. The fourth-order valence-corrected chi connectivity index (χ4v) is 2.51. The van der Waals surface area contributed by atoms with Gasteiger partial charge in [-0.15, -0.1) is 0 Å². The van der Waals surface area contributed by atoms with E-state index in [2.05, 4.69) is 24.1 Å². The van der Waals surface area contributed by atoms with Crippen molar-refractivity contribution in [3.05, 3.63) is 18.3 Å². The Balaban J connectivity index is 1.97. The molecule has 0 amide bonds. The van der Waals surface area contributed by atoms with Crippen molar-refractivity contribution in [2.75, 3.05) is 11.9 Å². The van der Waals surface area contributed by atoms with Gasteiger partial charge in [-0.05, 0) is 50.2 Å². The number of aromatic nitrogens is 1. The van der Waals surface area contributed by atoms with E-state index in [9.17, 15) is 0 Å². The summed E-state index contributed by atoms with van der Waals surface area (Å²) in [7, 11) is 0. The van der Waals surface area contributed by atoms with Crippen LogP contribution in [-0.2, 0) is 0 Å². The molecule has 1 fully saturated rings. The maximum Gasteiger partial charge on any atom is 0.168 e. The molecule has 0 aliphatic heterocycles. The molecule has 1 aromatic rings. The quantitative estimate of drug-likeness (QED) is 0.878. The van der Waals surface area contributed by atoms with Crippen LogP contribution in [0.4, 0.5) is 5.82 Å². The fourth-order valence-electron chi connectivity index (χ4n) is 2.51. The first-order valence-electron chi connectivity index (χ1n) is 6.95. The Morgan fingerprint density at radius 2 is 2.11 bits per heavy atom. The first-order chi connectivity index (χ1) is 8.61. The molecule has 1 aromatic heterocycles. The molecule has 3 heteroatoms. The Kier molecular flexibility index (Phi) is 4.10. The topological polar surface area (TPSA) is 34.1 Å². The number of hydrogen-bond acceptors (Lipinski definition) is 3. The van der Waals surface area contributed by atoms with E-state index in [1.165, 1.54) is 25.7 Å².